The molecule has 0 aliphatic heterocycles. The fraction of sp³-hybridized carbons (Fsp3) is 0.125. The monoisotopic (exact) mass is 222 g/mol. The minimum Gasteiger partial charge on any atom is -0.409 e. The van der Waals surface area contributed by atoms with Crippen molar-refractivity contribution in [1.82, 2.24) is 5.32 Å². The lowest BCUT2D eigenvalue weighted by Crippen LogP contribution is -2.19. The number of oxime groups is 1. The first-order valence-electron chi connectivity index (χ1n) is 3.53. The van der Waals surface area contributed by atoms with Gasteiger partial charge in [0.25, 0.3) is 0 Å². The van der Waals surface area contributed by atoms with Gasteiger partial charge in [-0.25, -0.2) is 8.78 Å². The van der Waals surface area contributed by atoms with E-state index in [1.807, 2.05) is 0 Å². The molecule has 0 amide bonds. The lowest BCUT2D eigenvalue weighted by Gasteiger charge is -2.03. The largest absolute Gasteiger partial charge is 0.409 e. The summed E-state index contributed by atoms with van der Waals surface area (Å²) in [5, 5.41) is 13.8. The molecule has 6 heteroatoms. The van der Waals surface area contributed by atoms with Gasteiger partial charge in [0.1, 0.15) is 11.6 Å². The fourth-order valence-corrected chi connectivity index (χ4v) is 0.943. The van der Waals surface area contributed by atoms with Crippen LogP contribution in [0.15, 0.2) is 23.4 Å². The van der Waals surface area contributed by atoms with Gasteiger partial charge in [0.05, 0.1) is 0 Å². The van der Waals surface area contributed by atoms with Crippen LogP contribution >= 0.6 is 12.4 Å². The maximum Gasteiger partial charge on any atom is 0.172 e. The number of amidine groups is 1. The molecule has 14 heavy (non-hydrogen) atoms. The summed E-state index contributed by atoms with van der Waals surface area (Å²) in [6.45, 7) is 0. The Balaban J connectivity index is 0.00000169. The van der Waals surface area contributed by atoms with Crippen LogP contribution < -0.4 is 5.32 Å². The third kappa shape index (κ3) is 2.85. The summed E-state index contributed by atoms with van der Waals surface area (Å²) in [6, 6.07) is 2.87. The van der Waals surface area contributed by atoms with Crippen LogP contribution in [0.3, 0.4) is 0 Å². The van der Waals surface area contributed by atoms with Crippen LogP contribution in [-0.4, -0.2) is 18.1 Å². The molecular formula is C8H9ClF2N2O. The lowest BCUT2D eigenvalue weighted by atomic mass is 10.2. The second kappa shape index (κ2) is 5.39. The zero-order valence-corrected chi connectivity index (χ0v) is 8.11. The van der Waals surface area contributed by atoms with E-state index in [0.717, 1.165) is 18.2 Å². The Labute approximate surface area is 85.8 Å². The van der Waals surface area contributed by atoms with Crippen LogP contribution in [-0.2, 0) is 0 Å². The smallest absolute Gasteiger partial charge is 0.172 e. The molecule has 0 radical (unpaired) electrons. The van der Waals surface area contributed by atoms with Crippen LogP contribution in [0.25, 0.3) is 0 Å². The topological polar surface area (TPSA) is 44.6 Å². The molecule has 78 valence electrons. The van der Waals surface area contributed by atoms with E-state index in [9.17, 15) is 8.78 Å². The minimum absolute atomic E-state index is 0. The zero-order valence-electron chi connectivity index (χ0n) is 7.29. The van der Waals surface area contributed by atoms with Crippen molar-refractivity contribution in [3.05, 3.63) is 35.4 Å². The summed E-state index contributed by atoms with van der Waals surface area (Å²) in [6.07, 6.45) is 0. The predicted molar refractivity (Wildman–Crippen MR) is 51.0 cm³/mol. The molecule has 1 aromatic carbocycles. The molecule has 3 nitrogen and oxygen atoms in total. The standard InChI is InChI=1S/C8H8F2N2O.ClH/c1-11-8(12-13)5-2-6(9)4-7(10)3-5;/h2-4,13H,1H3,(H,11,12);1H. The van der Waals surface area contributed by atoms with Crippen molar-refractivity contribution in [1.29, 1.82) is 0 Å². The Hall–Kier alpha value is -1.36. The molecule has 0 aliphatic rings. The average molecular weight is 223 g/mol. The van der Waals surface area contributed by atoms with Crippen LogP contribution in [0.4, 0.5) is 8.78 Å². The van der Waals surface area contributed by atoms with Crippen molar-refractivity contribution in [2.24, 2.45) is 5.16 Å². The van der Waals surface area contributed by atoms with Gasteiger partial charge in [0.15, 0.2) is 5.84 Å². The number of hydrogen-bond acceptors (Lipinski definition) is 2. The highest BCUT2D eigenvalue weighted by Gasteiger charge is 2.05. The molecule has 0 aromatic heterocycles. The maximum absolute atomic E-state index is 12.7. The first kappa shape index (κ1) is 12.6. The molecule has 0 spiro atoms. The van der Waals surface area contributed by atoms with E-state index in [1.165, 1.54) is 7.05 Å². The molecule has 1 aromatic rings. The van der Waals surface area contributed by atoms with Gasteiger partial charge >= 0.3 is 0 Å². The summed E-state index contributed by atoms with van der Waals surface area (Å²) in [4.78, 5) is 0. The predicted octanol–water partition coefficient (Wildman–Crippen LogP) is 1.74. The molecule has 0 atom stereocenters. The zero-order chi connectivity index (χ0) is 9.84. The van der Waals surface area contributed by atoms with Gasteiger partial charge < -0.3 is 10.5 Å². The van der Waals surface area contributed by atoms with E-state index in [1.54, 1.807) is 0 Å². The number of hydrogen-bond donors (Lipinski definition) is 2. The third-order valence-corrected chi connectivity index (χ3v) is 1.47. The van der Waals surface area contributed by atoms with Crippen LogP contribution in [0.2, 0.25) is 0 Å². The number of benzene rings is 1. The molecule has 0 bridgehead atoms. The van der Waals surface area contributed by atoms with E-state index in [2.05, 4.69) is 10.5 Å². The van der Waals surface area contributed by atoms with Gasteiger partial charge in [-0.1, -0.05) is 5.16 Å². The van der Waals surface area contributed by atoms with Crippen LogP contribution in [0.1, 0.15) is 5.56 Å². The Morgan fingerprint density at radius 3 is 2.14 bits per heavy atom. The molecule has 0 fully saturated rings. The van der Waals surface area contributed by atoms with Crippen molar-refractivity contribution < 1.29 is 14.0 Å². The van der Waals surface area contributed by atoms with Crippen molar-refractivity contribution in [3.8, 4) is 0 Å². The van der Waals surface area contributed by atoms with Crippen molar-refractivity contribution in [2.75, 3.05) is 7.05 Å². The summed E-state index contributed by atoms with van der Waals surface area (Å²) in [5.74, 6) is -1.42. The molecule has 0 heterocycles. The summed E-state index contributed by atoms with van der Waals surface area (Å²) in [7, 11) is 1.48. The number of halogens is 3. The Bertz CT molecular complexity index is 324. The molecule has 1 rings (SSSR count). The second-order valence-corrected chi connectivity index (χ2v) is 2.36. The van der Waals surface area contributed by atoms with E-state index in [0.29, 0.717) is 0 Å². The van der Waals surface area contributed by atoms with Gasteiger partial charge in [-0.05, 0) is 12.1 Å². The van der Waals surface area contributed by atoms with Gasteiger partial charge in [-0.2, -0.15) is 0 Å². The maximum atomic E-state index is 12.7. The first-order chi connectivity index (χ1) is 6.17. The lowest BCUT2D eigenvalue weighted by molar-refractivity contribution is 0.317. The second-order valence-electron chi connectivity index (χ2n) is 2.36. The highest BCUT2D eigenvalue weighted by atomic mass is 35.5. The highest BCUT2D eigenvalue weighted by molar-refractivity contribution is 5.98. The number of nitrogens with zero attached hydrogens (tertiary/aromatic N) is 1. The van der Waals surface area contributed by atoms with E-state index in [4.69, 9.17) is 5.21 Å². The van der Waals surface area contributed by atoms with E-state index >= 15 is 0 Å². The van der Waals surface area contributed by atoms with Gasteiger partial charge in [-0.3, -0.25) is 0 Å². The molecule has 0 saturated heterocycles. The van der Waals surface area contributed by atoms with Crippen molar-refractivity contribution >= 4 is 18.2 Å². The number of nitrogens with one attached hydrogen (secondary N) is 1. The summed E-state index contributed by atoms with van der Waals surface area (Å²) in [5.41, 5.74) is 0.155. The number of rotatable bonds is 1. The van der Waals surface area contributed by atoms with Crippen LogP contribution in [0, 0.1) is 11.6 Å². The first-order valence-corrected chi connectivity index (χ1v) is 3.53. The fourth-order valence-electron chi connectivity index (χ4n) is 0.943. The Kier molecular flexibility index (Phi) is 4.86. The van der Waals surface area contributed by atoms with Gasteiger partial charge in [0.2, 0.25) is 0 Å². The van der Waals surface area contributed by atoms with Gasteiger partial charge in [-0.15, -0.1) is 12.4 Å². The van der Waals surface area contributed by atoms with Gasteiger partial charge in [0, 0.05) is 18.7 Å². The Morgan fingerprint density at radius 1 is 1.29 bits per heavy atom. The quantitative estimate of drug-likeness (QED) is 0.329. The molecule has 0 aliphatic carbocycles. The van der Waals surface area contributed by atoms with E-state index in [-0.39, 0.29) is 23.8 Å². The van der Waals surface area contributed by atoms with E-state index < -0.39 is 11.6 Å². The third-order valence-electron chi connectivity index (χ3n) is 1.47. The molecular weight excluding hydrogens is 214 g/mol. The summed E-state index contributed by atoms with van der Waals surface area (Å²) >= 11 is 0. The minimum atomic E-state index is -0.716. The average Bonchev–Trinajstić information content (AvgIpc) is 2.04. The van der Waals surface area contributed by atoms with Crippen molar-refractivity contribution in [3.63, 3.8) is 0 Å². The molecule has 0 saturated carbocycles. The van der Waals surface area contributed by atoms with Crippen molar-refractivity contribution in [2.45, 2.75) is 0 Å². The highest BCUT2D eigenvalue weighted by Crippen LogP contribution is 2.07. The SMILES string of the molecule is CNC(=NO)c1cc(F)cc(F)c1.Cl. The normalized spacial score (nSPS) is 10.6. The van der Waals surface area contributed by atoms with Crippen LogP contribution in [0.5, 0.6) is 0 Å². The molecule has 0 unspecified atom stereocenters. The summed E-state index contributed by atoms with van der Waals surface area (Å²) < 4.78 is 25.3. The molecule has 2 N–H and O–H groups in total. The Morgan fingerprint density at radius 2 is 1.79 bits per heavy atom.